The van der Waals surface area contributed by atoms with Crippen LogP contribution in [0.4, 0.5) is 0 Å². The number of hydrogen-bond acceptors (Lipinski definition) is 3. The summed E-state index contributed by atoms with van der Waals surface area (Å²) in [5, 5.41) is 7.55. The van der Waals surface area contributed by atoms with Crippen molar-refractivity contribution >= 4 is 5.91 Å². The lowest BCUT2D eigenvalue weighted by Gasteiger charge is -2.08. The van der Waals surface area contributed by atoms with Crippen LogP contribution in [0.3, 0.4) is 0 Å². The summed E-state index contributed by atoms with van der Waals surface area (Å²) in [6.45, 7) is 4.73. The predicted molar refractivity (Wildman–Crippen MR) is 86.6 cm³/mol. The van der Waals surface area contributed by atoms with Crippen molar-refractivity contribution < 1.29 is 4.79 Å². The molecule has 0 bridgehead atoms. The van der Waals surface area contributed by atoms with Crippen molar-refractivity contribution in [1.82, 2.24) is 20.1 Å². The van der Waals surface area contributed by atoms with Gasteiger partial charge in [0.25, 0.3) is 5.91 Å². The number of aromatic nitrogens is 3. The van der Waals surface area contributed by atoms with Gasteiger partial charge in [0.1, 0.15) is 0 Å². The van der Waals surface area contributed by atoms with Gasteiger partial charge in [-0.05, 0) is 30.5 Å². The maximum absolute atomic E-state index is 12.6. The minimum atomic E-state index is -0.0307. The van der Waals surface area contributed by atoms with Gasteiger partial charge in [-0.15, -0.1) is 0 Å². The van der Waals surface area contributed by atoms with Gasteiger partial charge in [-0.1, -0.05) is 26.7 Å². The molecule has 0 saturated heterocycles. The lowest BCUT2D eigenvalue weighted by molar-refractivity contribution is 0.0949. The van der Waals surface area contributed by atoms with Crippen LogP contribution in [0.1, 0.15) is 54.0 Å². The highest BCUT2D eigenvalue weighted by Gasteiger charge is 2.21. The molecule has 0 aromatic carbocycles. The molecule has 0 unspecified atom stereocenters. The first-order chi connectivity index (χ1) is 10.7. The molecule has 0 aliphatic rings. The second-order valence-corrected chi connectivity index (χ2v) is 5.43. The Balaban J connectivity index is 2.19. The third-order valence-electron chi connectivity index (χ3n) is 3.64. The van der Waals surface area contributed by atoms with Crippen LogP contribution in [0.2, 0.25) is 0 Å². The van der Waals surface area contributed by atoms with Crippen LogP contribution >= 0.6 is 0 Å². The first kappa shape index (κ1) is 16.2. The largest absolute Gasteiger partial charge is 0.348 e. The summed E-state index contributed by atoms with van der Waals surface area (Å²) in [6, 6.07) is 3.81. The Morgan fingerprint density at radius 2 is 1.86 bits per heavy atom. The third-order valence-corrected chi connectivity index (χ3v) is 3.64. The molecule has 1 N–H and O–H groups in total. The van der Waals surface area contributed by atoms with E-state index in [9.17, 15) is 4.79 Å². The average Bonchev–Trinajstić information content (AvgIpc) is 2.83. The lowest BCUT2D eigenvalue weighted by Crippen LogP contribution is -2.25. The molecule has 0 saturated carbocycles. The number of pyridine rings is 1. The topological polar surface area (TPSA) is 59.8 Å². The fourth-order valence-corrected chi connectivity index (χ4v) is 2.59. The van der Waals surface area contributed by atoms with Gasteiger partial charge in [-0.3, -0.25) is 14.5 Å². The number of amides is 1. The summed E-state index contributed by atoms with van der Waals surface area (Å²) >= 11 is 0. The lowest BCUT2D eigenvalue weighted by atomic mass is 10.1. The first-order valence-electron chi connectivity index (χ1n) is 7.89. The first-order valence-corrected chi connectivity index (χ1v) is 7.89. The van der Waals surface area contributed by atoms with E-state index in [1.807, 2.05) is 23.9 Å². The molecule has 1 amide bonds. The van der Waals surface area contributed by atoms with Crippen molar-refractivity contribution in [2.45, 2.75) is 46.1 Å². The van der Waals surface area contributed by atoms with Gasteiger partial charge in [0.05, 0.1) is 17.0 Å². The number of carbonyl (C=O) groups is 1. The summed E-state index contributed by atoms with van der Waals surface area (Å²) in [7, 11) is 1.92. The van der Waals surface area contributed by atoms with Gasteiger partial charge >= 0.3 is 0 Å². The van der Waals surface area contributed by atoms with Crippen molar-refractivity contribution in [3.8, 4) is 0 Å². The Labute approximate surface area is 131 Å². The summed E-state index contributed by atoms with van der Waals surface area (Å²) in [5.74, 6) is -0.0307. The van der Waals surface area contributed by atoms with Gasteiger partial charge in [0.2, 0.25) is 0 Å². The molecule has 5 heteroatoms. The van der Waals surface area contributed by atoms with Crippen molar-refractivity contribution in [2.24, 2.45) is 7.05 Å². The van der Waals surface area contributed by atoms with Gasteiger partial charge < -0.3 is 5.32 Å². The highest BCUT2D eigenvalue weighted by molar-refractivity contribution is 5.96. The van der Waals surface area contributed by atoms with Crippen LogP contribution in [0, 0.1) is 0 Å². The van der Waals surface area contributed by atoms with E-state index in [1.165, 1.54) is 0 Å². The molecule has 2 aromatic heterocycles. The highest BCUT2D eigenvalue weighted by atomic mass is 16.1. The van der Waals surface area contributed by atoms with E-state index in [2.05, 4.69) is 29.2 Å². The summed E-state index contributed by atoms with van der Waals surface area (Å²) < 4.78 is 1.86. The number of rotatable bonds is 7. The molecule has 0 radical (unpaired) electrons. The van der Waals surface area contributed by atoms with E-state index in [0.29, 0.717) is 6.54 Å². The molecule has 0 fully saturated rings. The Kier molecular flexibility index (Phi) is 5.69. The van der Waals surface area contributed by atoms with E-state index in [-0.39, 0.29) is 5.91 Å². The molecule has 118 valence electrons. The van der Waals surface area contributed by atoms with E-state index >= 15 is 0 Å². The van der Waals surface area contributed by atoms with Crippen LogP contribution in [0.5, 0.6) is 0 Å². The van der Waals surface area contributed by atoms with Crippen molar-refractivity contribution in [3.63, 3.8) is 0 Å². The molecule has 0 aliphatic heterocycles. The summed E-state index contributed by atoms with van der Waals surface area (Å²) in [4.78, 5) is 16.6. The van der Waals surface area contributed by atoms with Crippen molar-refractivity contribution in [1.29, 1.82) is 0 Å². The normalized spacial score (nSPS) is 10.7. The maximum Gasteiger partial charge on any atom is 0.255 e. The molecule has 2 aromatic rings. The zero-order valence-corrected chi connectivity index (χ0v) is 13.6. The molecule has 0 spiro atoms. The molecule has 2 rings (SSSR count). The van der Waals surface area contributed by atoms with Crippen LogP contribution < -0.4 is 5.32 Å². The highest BCUT2D eigenvalue weighted by Crippen LogP contribution is 2.17. The van der Waals surface area contributed by atoms with Gasteiger partial charge in [-0.25, -0.2) is 0 Å². The molecular weight excluding hydrogens is 276 g/mol. The van der Waals surface area contributed by atoms with E-state index in [4.69, 9.17) is 0 Å². The number of nitrogens with zero attached hydrogens (tertiary/aromatic N) is 3. The van der Waals surface area contributed by atoms with E-state index in [1.54, 1.807) is 12.4 Å². The van der Waals surface area contributed by atoms with E-state index < -0.39 is 0 Å². The molecule has 0 atom stereocenters. The number of nitrogens with one attached hydrogen (secondary N) is 1. The zero-order valence-electron chi connectivity index (χ0n) is 13.6. The Morgan fingerprint density at radius 3 is 2.50 bits per heavy atom. The average molecular weight is 300 g/mol. The zero-order chi connectivity index (χ0) is 15.9. The fraction of sp³-hybridized carbons (Fsp3) is 0.471. The number of hydrogen-bond donors (Lipinski definition) is 1. The quantitative estimate of drug-likeness (QED) is 0.855. The van der Waals surface area contributed by atoms with Crippen molar-refractivity contribution in [2.75, 3.05) is 0 Å². The third kappa shape index (κ3) is 3.72. The molecule has 5 nitrogen and oxygen atoms in total. The Bertz CT molecular complexity index is 619. The van der Waals surface area contributed by atoms with Crippen LogP contribution in [-0.4, -0.2) is 20.7 Å². The van der Waals surface area contributed by atoms with Gasteiger partial charge in [0.15, 0.2) is 0 Å². The molecular formula is C17H24N4O. The Hall–Kier alpha value is -2.17. The molecule has 0 aliphatic carbocycles. The summed E-state index contributed by atoms with van der Waals surface area (Å²) in [5.41, 5.74) is 3.74. The standard InChI is InChI=1S/C17H24N4O/c1-4-6-14-16(15(7-5-2)21(3)20-14)17(22)19-12-13-8-10-18-11-9-13/h8-11H,4-7,12H2,1-3H3,(H,19,22). The fourth-order valence-electron chi connectivity index (χ4n) is 2.59. The number of aryl methyl sites for hydroxylation is 2. The van der Waals surface area contributed by atoms with E-state index in [0.717, 1.165) is 48.2 Å². The van der Waals surface area contributed by atoms with Crippen LogP contribution in [-0.2, 0) is 26.4 Å². The smallest absolute Gasteiger partial charge is 0.255 e. The SMILES string of the molecule is CCCc1nn(C)c(CCC)c1C(=O)NCc1ccncc1. The minimum Gasteiger partial charge on any atom is -0.348 e. The second-order valence-electron chi connectivity index (χ2n) is 5.43. The minimum absolute atomic E-state index is 0.0307. The maximum atomic E-state index is 12.6. The Morgan fingerprint density at radius 1 is 1.18 bits per heavy atom. The summed E-state index contributed by atoms with van der Waals surface area (Å²) in [6.07, 6.45) is 7.14. The van der Waals surface area contributed by atoms with Gasteiger partial charge in [0, 0.05) is 26.0 Å². The van der Waals surface area contributed by atoms with Crippen molar-refractivity contribution in [3.05, 3.63) is 47.0 Å². The number of carbonyl (C=O) groups excluding carboxylic acids is 1. The van der Waals surface area contributed by atoms with Gasteiger partial charge in [-0.2, -0.15) is 5.10 Å². The monoisotopic (exact) mass is 300 g/mol. The second kappa shape index (κ2) is 7.73. The van der Waals surface area contributed by atoms with Crippen LogP contribution in [0.15, 0.2) is 24.5 Å². The van der Waals surface area contributed by atoms with Crippen LogP contribution in [0.25, 0.3) is 0 Å². The molecule has 2 heterocycles. The molecule has 22 heavy (non-hydrogen) atoms. The predicted octanol–water partition coefficient (Wildman–Crippen LogP) is 2.65.